The average molecular weight is 540 g/mol. The maximum absolute atomic E-state index is 11.3. The molecule has 35 heavy (non-hydrogen) atoms. The van der Waals surface area contributed by atoms with Gasteiger partial charge in [0, 0.05) is 0 Å². The van der Waals surface area contributed by atoms with E-state index in [1.165, 1.54) is 6.26 Å². The van der Waals surface area contributed by atoms with Crippen LogP contribution in [0.25, 0.3) is 0 Å². The fraction of sp³-hybridized carbons (Fsp3) is 0.417. The van der Waals surface area contributed by atoms with Crippen LogP contribution >= 0.6 is 23.2 Å². The van der Waals surface area contributed by atoms with E-state index in [1.54, 1.807) is 6.92 Å². The van der Waals surface area contributed by atoms with Crippen molar-refractivity contribution in [3.8, 4) is 11.8 Å². The molecular formula is C24H27Cl2N3O5S. The fourth-order valence-corrected chi connectivity index (χ4v) is 4.33. The lowest BCUT2D eigenvalue weighted by atomic mass is 9.70. The van der Waals surface area contributed by atoms with Crippen molar-refractivity contribution in [3.63, 3.8) is 0 Å². The number of hydrogen-bond acceptors (Lipinski definition) is 7. The normalized spacial score (nSPS) is 16.8. The smallest absolute Gasteiger partial charge is 0.308 e. The summed E-state index contributed by atoms with van der Waals surface area (Å²) in [7, 11) is -3.47. The number of nitrogens with zero attached hydrogens (tertiary/aromatic N) is 2. The summed E-state index contributed by atoms with van der Waals surface area (Å²) in [6.07, 6.45) is 8.99. The van der Waals surface area contributed by atoms with E-state index < -0.39 is 10.0 Å². The van der Waals surface area contributed by atoms with Crippen molar-refractivity contribution < 1.29 is 22.3 Å². The van der Waals surface area contributed by atoms with Crippen LogP contribution in [0.4, 0.5) is 6.01 Å². The third-order valence-corrected chi connectivity index (χ3v) is 6.52. The van der Waals surface area contributed by atoms with Gasteiger partial charge in [-0.3, -0.25) is 0 Å². The van der Waals surface area contributed by atoms with Gasteiger partial charge in [0.1, 0.15) is 37.0 Å². The van der Waals surface area contributed by atoms with Gasteiger partial charge in [-0.05, 0) is 54.5 Å². The molecule has 1 heterocycles. The molecule has 11 heteroatoms. The summed E-state index contributed by atoms with van der Waals surface area (Å²) in [5.74, 6) is 1.15. The molecule has 1 aromatic carbocycles. The second kappa shape index (κ2) is 10.9. The largest absolute Gasteiger partial charge is 0.489 e. The summed E-state index contributed by atoms with van der Waals surface area (Å²) in [5, 5.41) is 9.81. The van der Waals surface area contributed by atoms with E-state index in [1.807, 2.05) is 24.3 Å². The third-order valence-electron chi connectivity index (χ3n) is 5.57. The molecule has 0 bridgehead atoms. The Morgan fingerprint density at radius 3 is 2.71 bits per heavy atom. The molecule has 1 N–H and O–H groups in total. The lowest BCUT2D eigenvalue weighted by Gasteiger charge is -2.34. The van der Waals surface area contributed by atoms with Crippen LogP contribution in [0, 0.1) is 17.2 Å². The summed E-state index contributed by atoms with van der Waals surface area (Å²) in [6, 6.07) is 5.72. The van der Waals surface area contributed by atoms with Crippen molar-refractivity contribution in [2.24, 2.45) is 5.92 Å². The molecule has 0 fully saturated rings. The average Bonchev–Trinajstić information content (AvgIpc) is 3.22. The summed E-state index contributed by atoms with van der Waals surface area (Å²) < 4.78 is 41.2. The molecule has 2 atom stereocenters. The summed E-state index contributed by atoms with van der Waals surface area (Å²) >= 11 is 12.4. The Balaban J connectivity index is 1.66. The molecule has 3 rings (SSSR count). The van der Waals surface area contributed by atoms with Gasteiger partial charge in [-0.1, -0.05) is 31.5 Å². The number of sulfonamides is 1. The molecule has 0 radical (unpaired) electrons. The number of hydrogen-bond donors (Lipinski definition) is 1. The SMILES string of the molecule is CC(Cl)COc1c(Cl)cc(C(C)(C)C2C=CC(OCc3coc(NS(C)(=O)=O)n3)=CC2)cc1C#N. The van der Waals surface area contributed by atoms with Crippen LogP contribution in [0.3, 0.4) is 0 Å². The zero-order valence-corrected chi connectivity index (χ0v) is 22.2. The first-order valence-electron chi connectivity index (χ1n) is 10.8. The molecule has 188 valence electrons. The number of ether oxygens (including phenoxy) is 2. The Bertz CT molecular complexity index is 1280. The Labute approximate surface area is 215 Å². The minimum absolute atomic E-state index is 0.106. The van der Waals surface area contributed by atoms with Gasteiger partial charge in [0.2, 0.25) is 10.0 Å². The van der Waals surface area contributed by atoms with Crippen LogP contribution in [0.5, 0.6) is 5.75 Å². The van der Waals surface area contributed by atoms with E-state index >= 15 is 0 Å². The molecule has 0 saturated carbocycles. The Morgan fingerprint density at radius 2 is 2.11 bits per heavy atom. The minimum Gasteiger partial charge on any atom is -0.489 e. The molecular weight excluding hydrogens is 513 g/mol. The van der Waals surface area contributed by atoms with E-state index in [-0.39, 0.29) is 35.9 Å². The molecule has 0 amide bonds. The lowest BCUT2D eigenvalue weighted by molar-refractivity contribution is 0.202. The van der Waals surface area contributed by atoms with Crippen molar-refractivity contribution in [2.75, 3.05) is 17.6 Å². The number of nitriles is 1. The number of halogens is 2. The van der Waals surface area contributed by atoms with E-state index in [9.17, 15) is 13.7 Å². The maximum atomic E-state index is 11.3. The predicted octanol–water partition coefficient (Wildman–Crippen LogP) is 5.53. The molecule has 2 aromatic rings. The summed E-state index contributed by atoms with van der Waals surface area (Å²) in [5.41, 5.74) is 1.42. The quantitative estimate of drug-likeness (QED) is 0.394. The highest BCUT2D eigenvalue weighted by atomic mass is 35.5. The molecule has 1 aromatic heterocycles. The maximum Gasteiger partial charge on any atom is 0.308 e. The Morgan fingerprint density at radius 1 is 1.37 bits per heavy atom. The molecule has 1 aliphatic rings. The number of nitrogens with one attached hydrogen (secondary N) is 1. The number of alkyl halides is 1. The van der Waals surface area contributed by atoms with Crippen molar-refractivity contribution in [1.82, 2.24) is 4.98 Å². The zero-order chi connectivity index (χ0) is 25.8. The van der Waals surface area contributed by atoms with Crippen LogP contribution in [0.1, 0.15) is 44.0 Å². The van der Waals surface area contributed by atoms with Gasteiger partial charge in [-0.2, -0.15) is 10.2 Å². The third kappa shape index (κ3) is 7.17. The van der Waals surface area contributed by atoms with E-state index in [4.69, 9.17) is 37.1 Å². The van der Waals surface area contributed by atoms with E-state index in [0.717, 1.165) is 11.8 Å². The van der Waals surface area contributed by atoms with Gasteiger partial charge in [-0.25, -0.2) is 13.1 Å². The molecule has 0 spiro atoms. The number of rotatable bonds is 10. The van der Waals surface area contributed by atoms with Gasteiger partial charge in [0.25, 0.3) is 0 Å². The molecule has 0 saturated heterocycles. The summed E-state index contributed by atoms with van der Waals surface area (Å²) in [4.78, 5) is 4.04. The number of allylic oxidation sites excluding steroid dienone is 3. The highest BCUT2D eigenvalue weighted by Crippen LogP contribution is 2.41. The zero-order valence-electron chi connectivity index (χ0n) is 19.8. The van der Waals surface area contributed by atoms with Crippen LogP contribution in [0.15, 0.2) is 46.8 Å². The van der Waals surface area contributed by atoms with Crippen molar-refractivity contribution in [3.05, 3.63) is 64.2 Å². The monoisotopic (exact) mass is 539 g/mol. The second-order valence-electron chi connectivity index (χ2n) is 8.87. The predicted molar refractivity (Wildman–Crippen MR) is 135 cm³/mol. The number of aromatic nitrogens is 1. The van der Waals surface area contributed by atoms with Crippen molar-refractivity contribution >= 4 is 39.2 Å². The van der Waals surface area contributed by atoms with Crippen molar-refractivity contribution in [1.29, 1.82) is 5.26 Å². The number of anilines is 1. The first-order chi connectivity index (χ1) is 16.4. The number of oxazole rings is 1. The number of benzene rings is 1. The van der Waals surface area contributed by atoms with E-state index in [2.05, 4.69) is 35.7 Å². The van der Waals surface area contributed by atoms with Crippen molar-refractivity contribution in [2.45, 2.75) is 44.6 Å². The fourth-order valence-electron chi connectivity index (χ4n) is 3.59. The van der Waals surface area contributed by atoms with Gasteiger partial charge in [0.15, 0.2) is 5.75 Å². The first kappa shape index (κ1) is 26.9. The Hall–Kier alpha value is -2.67. The first-order valence-corrected chi connectivity index (χ1v) is 13.5. The van der Waals surface area contributed by atoms with Gasteiger partial charge in [-0.15, -0.1) is 11.6 Å². The van der Waals surface area contributed by atoms with Crippen LogP contribution in [0.2, 0.25) is 5.02 Å². The van der Waals surface area contributed by atoms with Crippen LogP contribution in [-0.2, 0) is 26.8 Å². The standard InChI is InChI=1S/C24H27Cl2N3O5S/c1-15(25)12-33-22-16(11-27)9-18(10-21(22)26)24(2,3)17-5-7-20(8-6-17)32-13-19-14-34-23(28-19)29-35(4,30)31/h5,7-10,14-15,17H,6,12-13H2,1-4H3,(H,28,29). The van der Waals surface area contributed by atoms with Gasteiger partial charge >= 0.3 is 6.01 Å². The Kier molecular flexibility index (Phi) is 8.42. The molecule has 0 aliphatic heterocycles. The van der Waals surface area contributed by atoms with E-state index in [0.29, 0.717) is 34.2 Å². The van der Waals surface area contributed by atoms with Gasteiger partial charge in [0.05, 0.1) is 22.2 Å². The topological polar surface area (TPSA) is 114 Å². The molecule has 8 nitrogen and oxygen atoms in total. The highest BCUT2D eigenvalue weighted by Gasteiger charge is 2.32. The van der Waals surface area contributed by atoms with Gasteiger partial charge < -0.3 is 13.9 Å². The van der Waals surface area contributed by atoms with Crippen LogP contribution in [-0.4, -0.2) is 31.6 Å². The minimum atomic E-state index is -3.47. The van der Waals surface area contributed by atoms with Crippen LogP contribution < -0.4 is 9.46 Å². The highest BCUT2D eigenvalue weighted by molar-refractivity contribution is 7.91. The lowest BCUT2D eigenvalue weighted by Crippen LogP contribution is -2.28. The molecule has 1 aliphatic carbocycles. The summed E-state index contributed by atoms with van der Waals surface area (Å²) in [6.45, 7) is 6.38. The molecule has 2 unspecified atom stereocenters. The second-order valence-corrected chi connectivity index (χ2v) is 11.8.